The van der Waals surface area contributed by atoms with Crippen molar-refractivity contribution in [2.45, 2.75) is 10.6 Å². The Morgan fingerprint density at radius 2 is 1.93 bits per heavy atom. The average molecular weight is 236 g/mol. The van der Waals surface area contributed by atoms with Crippen molar-refractivity contribution < 1.29 is 8.42 Å². The minimum absolute atomic E-state index is 0.142. The van der Waals surface area contributed by atoms with Gasteiger partial charge in [0, 0.05) is 10.4 Å². The van der Waals surface area contributed by atoms with Crippen molar-refractivity contribution in [2.75, 3.05) is 0 Å². The maximum atomic E-state index is 11.9. The summed E-state index contributed by atoms with van der Waals surface area (Å²) in [5.74, 6) is 0.142. The molecule has 1 aromatic carbocycles. The first-order valence-corrected chi connectivity index (χ1v) is 7.10. The number of hydrogen-bond acceptors (Lipinski definition) is 3. The fraction of sp³-hybridized carbons (Fsp3) is 0.0909. The van der Waals surface area contributed by atoms with Gasteiger partial charge >= 0.3 is 0 Å². The lowest BCUT2D eigenvalue weighted by Gasteiger charge is -2.16. The molecule has 2 nitrogen and oxygen atoms in total. The second-order valence-corrected chi connectivity index (χ2v) is 6.40. The van der Waals surface area contributed by atoms with Gasteiger partial charge in [0.25, 0.3) is 0 Å². The molecule has 76 valence electrons. The Balaban J connectivity index is 2.44. The second-order valence-electron chi connectivity index (χ2n) is 3.53. The molecule has 1 aliphatic rings. The van der Waals surface area contributed by atoms with E-state index in [0.29, 0.717) is 4.90 Å². The van der Waals surface area contributed by atoms with E-state index in [1.54, 1.807) is 23.5 Å². The number of thiophene rings is 1. The molecule has 0 amide bonds. The van der Waals surface area contributed by atoms with Gasteiger partial charge in [-0.3, -0.25) is 0 Å². The van der Waals surface area contributed by atoms with Gasteiger partial charge in [0.15, 0.2) is 9.84 Å². The van der Waals surface area contributed by atoms with Crippen LogP contribution in [0.4, 0.5) is 0 Å². The molecule has 0 radical (unpaired) electrons. The Labute approximate surface area is 92.1 Å². The van der Waals surface area contributed by atoms with E-state index in [1.807, 2.05) is 23.6 Å². The first-order chi connectivity index (χ1) is 7.18. The van der Waals surface area contributed by atoms with Gasteiger partial charge in [-0.1, -0.05) is 18.2 Å². The van der Waals surface area contributed by atoms with Crippen LogP contribution in [0.1, 0.15) is 5.56 Å². The zero-order chi connectivity index (χ0) is 10.5. The molecule has 0 atom stereocenters. The molecule has 1 aliphatic heterocycles. The zero-order valence-electron chi connectivity index (χ0n) is 7.80. The molecule has 4 heteroatoms. The summed E-state index contributed by atoms with van der Waals surface area (Å²) in [6.07, 6.45) is 0. The third kappa shape index (κ3) is 1.25. The van der Waals surface area contributed by atoms with Crippen molar-refractivity contribution in [3.05, 3.63) is 41.3 Å². The molecule has 15 heavy (non-hydrogen) atoms. The van der Waals surface area contributed by atoms with Crippen molar-refractivity contribution in [1.82, 2.24) is 0 Å². The number of hydrogen-bond donors (Lipinski definition) is 0. The summed E-state index contributed by atoms with van der Waals surface area (Å²) in [7, 11) is -3.12. The van der Waals surface area contributed by atoms with Gasteiger partial charge < -0.3 is 0 Å². The highest BCUT2D eigenvalue weighted by Gasteiger charge is 2.27. The van der Waals surface area contributed by atoms with Crippen molar-refractivity contribution in [3.63, 3.8) is 0 Å². The van der Waals surface area contributed by atoms with Crippen molar-refractivity contribution in [2.24, 2.45) is 0 Å². The molecule has 0 N–H and O–H groups in total. The van der Waals surface area contributed by atoms with Gasteiger partial charge in [0.05, 0.1) is 10.6 Å². The summed E-state index contributed by atoms with van der Waals surface area (Å²) in [6.45, 7) is 0. The summed E-state index contributed by atoms with van der Waals surface area (Å²) in [6, 6.07) is 9.11. The fourth-order valence-electron chi connectivity index (χ4n) is 1.89. The van der Waals surface area contributed by atoms with Crippen LogP contribution in [-0.2, 0) is 15.6 Å². The maximum Gasteiger partial charge on any atom is 0.183 e. The van der Waals surface area contributed by atoms with E-state index in [4.69, 9.17) is 0 Å². The summed E-state index contributed by atoms with van der Waals surface area (Å²) < 4.78 is 23.9. The van der Waals surface area contributed by atoms with E-state index in [-0.39, 0.29) is 5.75 Å². The van der Waals surface area contributed by atoms with Gasteiger partial charge in [0.2, 0.25) is 0 Å². The van der Waals surface area contributed by atoms with Crippen LogP contribution in [0.5, 0.6) is 0 Å². The second kappa shape index (κ2) is 2.93. The quantitative estimate of drug-likeness (QED) is 0.704. The van der Waals surface area contributed by atoms with Crippen molar-refractivity contribution in [1.29, 1.82) is 0 Å². The molecule has 2 heterocycles. The first-order valence-electron chi connectivity index (χ1n) is 4.57. The number of benzene rings is 1. The predicted octanol–water partition coefficient (Wildman–Crippen LogP) is 2.70. The van der Waals surface area contributed by atoms with Crippen LogP contribution in [0, 0.1) is 0 Å². The van der Waals surface area contributed by atoms with Crippen LogP contribution in [0.15, 0.2) is 40.6 Å². The summed E-state index contributed by atoms with van der Waals surface area (Å²) in [4.78, 5) is 1.57. The van der Waals surface area contributed by atoms with Gasteiger partial charge in [-0.25, -0.2) is 8.42 Å². The van der Waals surface area contributed by atoms with E-state index in [2.05, 4.69) is 0 Å². The van der Waals surface area contributed by atoms with E-state index in [1.165, 1.54) is 0 Å². The number of sulfone groups is 1. The van der Waals surface area contributed by atoms with Crippen LogP contribution < -0.4 is 0 Å². The predicted molar refractivity (Wildman–Crippen MR) is 60.6 cm³/mol. The van der Waals surface area contributed by atoms with Crippen LogP contribution in [0.2, 0.25) is 0 Å². The van der Waals surface area contributed by atoms with Crippen LogP contribution in [0.25, 0.3) is 10.4 Å². The molecule has 0 bridgehead atoms. The van der Waals surface area contributed by atoms with Gasteiger partial charge in [-0.05, 0) is 23.1 Å². The summed E-state index contributed by atoms with van der Waals surface area (Å²) in [5.41, 5.74) is 1.78. The van der Waals surface area contributed by atoms with Crippen LogP contribution in [-0.4, -0.2) is 8.42 Å². The van der Waals surface area contributed by atoms with Gasteiger partial charge in [0.1, 0.15) is 0 Å². The lowest BCUT2D eigenvalue weighted by molar-refractivity contribution is 0.595. The third-order valence-electron chi connectivity index (χ3n) is 2.56. The van der Waals surface area contributed by atoms with E-state index >= 15 is 0 Å². The van der Waals surface area contributed by atoms with E-state index in [9.17, 15) is 8.42 Å². The Bertz CT molecular complexity index is 624. The number of rotatable bonds is 0. The topological polar surface area (TPSA) is 34.1 Å². The Hall–Kier alpha value is -1.13. The Morgan fingerprint density at radius 3 is 2.80 bits per heavy atom. The molecule has 0 aliphatic carbocycles. The molecule has 0 saturated heterocycles. The van der Waals surface area contributed by atoms with Gasteiger partial charge in [-0.2, -0.15) is 0 Å². The minimum atomic E-state index is -3.12. The largest absolute Gasteiger partial charge is 0.223 e. The standard InChI is InChI=1S/C11H8O2S2/c12-15(13)7-8-5-6-14-11(8)9-3-1-2-4-10(9)15/h1-6H,7H2. The molecule has 2 aromatic rings. The van der Waals surface area contributed by atoms with Crippen molar-refractivity contribution in [3.8, 4) is 10.4 Å². The molecule has 3 rings (SSSR count). The highest BCUT2D eigenvalue weighted by atomic mass is 32.2. The molecule has 0 fully saturated rings. The van der Waals surface area contributed by atoms with E-state index in [0.717, 1.165) is 16.0 Å². The minimum Gasteiger partial charge on any atom is -0.223 e. The maximum absolute atomic E-state index is 11.9. The molecular weight excluding hydrogens is 228 g/mol. The highest BCUT2D eigenvalue weighted by Crippen LogP contribution is 2.40. The summed E-state index contributed by atoms with van der Waals surface area (Å²) in [5, 5.41) is 1.95. The number of fused-ring (bicyclic) bond motifs is 3. The molecule has 1 aromatic heterocycles. The average Bonchev–Trinajstić information content (AvgIpc) is 2.65. The highest BCUT2D eigenvalue weighted by molar-refractivity contribution is 7.91. The Morgan fingerprint density at radius 1 is 1.13 bits per heavy atom. The lowest BCUT2D eigenvalue weighted by Crippen LogP contribution is -2.10. The van der Waals surface area contributed by atoms with Crippen LogP contribution in [0.3, 0.4) is 0 Å². The van der Waals surface area contributed by atoms with Crippen LogP contribution >= 0.6 is 11.3 Å². The molecule has 0 unspecified atom stereocenters. The zero-order valence-corrected chi connectivity index (χ0v) is 9.44. The lowest BCUT2D eigenvalue weighted by atomic mass is 10.1. The molecular formula is C11H8O2S2. The monoisotopic (exact) mass is 236 g/mol. The summed E-state index contributed by atoms with van der Waals surface area (Å²) >= 11 is 1.60. The van der Waals surface area contributed by atoms with Gasteiger partial charge in [-0.15, -0.1) is 11.3 Å². The SMILES string of the molecule is O=S1(=O)Cc2ccsc2-c2ccccc21. The normalized spacial score (nSPS) is 16.8. The molecule has 0 spiro atoms. The third-order valence-corrected chi connectivity index (χ3v) is 5.27. The van der Waals surface area contributed by atoms with E-state index < -0.39 is 9.84 Å². The smallest absolute Gasteiger partial charge is 0.183 e. The molecule has 0 saturated carbocycles. The Kier molecular flexibility index (Phi) is 1.78. The first kappa shape index (κ1) is 9.12. The fourth-order valence-corrected chi connectivity index (χ4v) is 4.61. The van der Waals surface area contributed by atoms with Crippen molar-refractivity contribution >= 4 is 21.2 Å².